The van der Waals surface area contributed by atoms with Crippen LogP contribution in [0.4, 0.5) is 5.69 Å². The zero-order valence-corrected chi connectivity index (χ0v) is 16.2. The van der Waals surface area contributed by atoms with E-state index in [0.29, 0.717) is 6.61 Å². The zero-order chi connectivity index (χ0) is 18.3. The summed E-state index contributed by atoms with van der Waals surface area (Å²) in [5.41, 5.74) is 4.51. The Morgan fingerprint density at radius 1 is 1.04 bits per heavy atom. The molecule has 2 rings (SSSR count). The molecule has 0 saturated heterocycles. The summed E-state index contributed by atoms with van der Waals surface area (Å²) in [6.45, 7) is 8.18. The van der Waals surface area contributed by atoms with Crippen LogP contribution < -0.4 is 5.32 Å². The van der Waals surface area contributed by atoms with Crippen molar-refractivity contribution >= 4 is 13.1 Å². The summed E-state index contributed by atoms with van der Waals surface area (Å²) < 4.78 is 19.4. The fourth-order valence-corrected chi connectivity index (χ4v) is 4.40. The van der Waals surface area contributed by atoms with Gasteiger partial charge in [-0.25, -0.2) is 0 Å². The van der Waals surface area contributed by atoms with Crippen LogP contribution >= 0.6 is 7.37 Å². The van der Waals surface area contributed by atoms with Gasteiger partial charge in [-0.05, 0) is 51.1 Å². The van der Waals surface area contributed by atoms with Crippen molar-refractivity contribution < 1.29 is 9.09 Å². The van der Waals surface area contributed by atoms with Gasteiger partial charge in [0.25, 0.3) is 7.37 Å². The van der Waals surface area contributed by atoms with Gasteiger partial charge in [-0.15, -0.1) is 0 Å². The molecule has 0 aliphatic heterocycles. The average molecular weight is 355 g/mol. The Morgan fingerprint density at radius 3 is 2.12 bits per heavy atom. The minimum absolute atomic E-state index is 0.249. The summed E-state index contributed by atoms with van der Waals surface area (Å²) in [6.07, 6.45) is 0. The first-order valence-electron chi connectivity index (χ1n) is 8.49. The van der Waals surface area contributed by atoms with Crippen LogP contribution in [0, 0.1) is 17.0 Å². The molecular formula is C21H26NO2P. The molecule has 0 unspecified atom stereocenters. The summed E-state index contributed by atoms with van der Waals surface area (Å²) >= 11 is 0. The molecule has 2 aromatic carbocycles. The molecule has 2 aromatic rings. The van der Waals surface area contributed by atoms with Crippen LogP contribution in [0.25, 0.3) is 0 Å². The summed E-state index contributed by atoms with van der Waals surface area (Å²) in [7, 11) is -3.29. The Bertz CT molecular complexity index is 770. The van der Waals surface area contributed by atoms with E-state index in [1.165, 1.54) is 0 Å². The standard InChI is InChI=1S/C21H26NO2P/c1-5-24-25(23,17-16-21(2,3)4)20(18-12-8-6-9-13-18)22-19-14-10-7-11-15-19/h6-15,20,22H,5H2,1-4H3/t20-,25+/m1/s1. The Labute approximate surface area is 151 Å². The van der Waals surface area contributed by atoms with E-state index in [1.54, 1.807) is 0 Å². The first-order chi connectivity index (χ1) is 11.8. The Morgan fingerprint density at radius 2 is 1.60 bits per heavy atom. The number of hydrogen-bond donors (Lipinski definition) is 1. The van der Waals surface area contributed by atoms with Gasteiger partial charge >= 0.3 is 0 Å². The van der Waals surface area contributed by atoms with Crippen molar-refractivity contribution in [3.63, 3.8) is 0 Å². The Balaban J connectivity index is 2.50. The molecule has 0 aromatic heterocycles. The van der Waals surface area contributed by atoms with Crippen LogP contribution in [0.5, 0.6) is 0 Å². The highest BCUT2D eigenvalue weighted by atomic mass is 31.2. The van der Waals surface area contributed by atoms with Crippen molar-refractivity contribution in [2.45, 2.75) is 33.5 Å². The summed E-state index contributed by atoms with van der Waals surface area (Å²) in [6, 6.07) is 19.4. The monoisotopic (exact) mass is 355 g/mol. The van der Waals surface area contributed by atoms with Crippen molar-refractivity contribution in [3.8, 4) is 11.6 Å². The summed E-state index contributed by atoms with van der Waals surface area (Å²) in [5.74, 6) is 2.58. The number of hydrogen-bond acceptors (Lipinski definition) is 3. The van der Waals surface area contributed by atoms with Crippen molar-refractivity contribution in [1.82, 2.24) is 0 Å². The first-order valence-corrected chi connectivity index (χ1v) is 10.2. The van der Waals surface area contributed by atoms with Crippen LogP contribution in [0.15, 0.2) is 60.7 Å². The van der Waals surface area contributed by atoms with Gasteiger partial charge in [0.05, 0.1) is 6.61 Å². The maximum absolute atomic E-state index is 13.7. The fraction of sp³-hybridized carbons (Fsp3) is 0.333. The molecule has 0 radical (unpaired) electrons. The Kier molecular flexibility index (Phi) is 6.48. The molecule has 0 heterocycles. The van der Waals surface area contributed by atoms with Gasteiger partial charge < -0.3 is 9.84 Å². The number of para-hydroxylation sites is 1. The van der Waals surface area contributed by atoms with Gasteiger partial charge in [0, 0.05) is 11.1 Å². The van der Waals surface area contributed by atoms with Crippen molar-refractivity contribution in [2.24, 2.45) is 5.41 Å². The van der Waals surface area contributed by atoms with E-state index >= 15 is 0 Å². The summed E-state index contributed by atoms with van der Waals surface area (Å²) in [4.78, 5) is 0. The Hall–Kier alpha value is -2.01. The van der Waals surface area contributed by atoms with E-state index in [1.807, 2.05) is 88.4 Å². The van der Waals surface area contributed by atoms with E-state index < -0.39 is 13.2 Å². The van der Waals surface area contributed by atoms with E-state index in [0.717, 1.165) is 11.3 Å². The van der Waals surface area contributed by atoms with Gasteiger partial charge in [-0.3, -0.25) is 4.57 Å². The molecule has 0 spiro atoms. The molecular weight excluding hydrogens is 329 g/mol. The van der Waals surface area contributed by atoms with Crippen molar-refractivity contribution in [3.05, 3.63) is 66.2 Å². The van der Waals surface area contributed by atoms with Gasteiger partial charge in [0.1, 0.15) is 5.78 Å². The highest BCUT2D eigenvalue weighted by Crippen LogP contribution is 2.59. The second kappa shape index (κ2) is 8.39. The predicted molar refractivity (Wildman–Crippen MR) is 106 cm³/mol. The molecule has 0 aliphatic rings. The summed E-state index contributed by atoms with van der Waals surface area (Å²) in [5, 5.41) is 3.37. The van der Waals surface area contributed by atoms with E-state index in [2.05, 4.69) is 16.9 Å². The molecule has 0 fully saturated rings. The van der Waals surface area contributed by atoms with Crippen molar-refractivity contribution in [2.75, 3.05) is 11.9 Å². The smallest absolute Gasteiger partial charge is 0.299 e. The van der Waals surface area contributed by atoms with Crippen LogP contribution in [-0.2, 0) is 9.09 Å². The third-order valence-electron chi connectivity index (χ3n) is 3.44. The normalized spacial score (nSPS) is 14.7. The highest BCUT2D eigenvalue weighted by molar-refractivity contribution is 7.64. The van der Waals surface area contributed by atoms with Crippen molar-refractivity contribution in [1.29, 1.82) is 0 Å². The van der Waals surface area contributed by atoms with Gasteiger partial charge in [-0.2, -0.15) is 0 Å². The lowest BCUT2D eigenvalue weighted by atomic mass is 9.99. The minimum Gasteiger partial charge on any atom is -0.369 e. The lowest BCUT2D eigenvalue weighted by molar-refractivity contribution is 0.336. The molecule has 0 bridgehead atoms. The average Bonchev–Trinajstić information content (AvgIpc) is 2.59. The zero-order valence-electron chi connectivity index (χ0n) is 15.3. The second-order valence-corrected chi connectivity index (χ2v) is 9.02. The van der Waals surface area contributed by atoms with Crippen LogP contribution in [0.3, 0.4) is 0 Å². The molecule has 0 aliphatic carbocycles. The lowest BCUT2D eigenvalue weighted by Gasteiger charge is -2.26. The lowest BCUT2D eigenvalue weighted by Crippen LogP contribution is -2.13. The molecule has 0 amide bonds. The van der Waals surface area contributed by atoms with Crippen LogP contribution in [0.2, 0.25) is 0 Å². The SMILES string of the molecule is CCO[P@@](=O)(C#CC(C)(C)C)[C@@H](Nc1ccccc1)c1ccccc1. The number of nitrogens with one attached hydrogen (secondary N) is 1. The molecule has 4 heteroatoms. The molecule has 132 valence electrons. The minimum atomic E-state index is -3.29. The van der Waals surface area contributed by atoms with Gasteiger partial charge in [-0.1, -0.05) is 54.5 Å². The maximum atomic E-state index is 13.7. The van der Waals surface area contributed by atoms with Crippen LogP contribution in [0.1, 0.15) is 39.0 Å². The largest absolute Gasteiger partial charge is 0.369 e. The third-order valence-corrected chi connectivity index (χ3v) is 5.61. The third kappa shape index (κ3) is 5.78. The predicted octanol–water partition coefficient (Wildman–Crippen LogP) is 6.12. The van der Waals surface area contributed by atoms with E-state index in [9.17, 15) is 4.57 Å². The van der Waals surface area contributed by atoms with Crippen LogP contribution in [-0.4, -0.2) is 6.61 Å². The topological polar surface area (TPSA) is 38.3 Å². The number of anilines is 1. The van der Waals surface area contributed by atoms with E-state index in [4.69, 9.17) is 4.52 Å². The fourth-order valence-electron chi connectivity index (χ4n) is 2.30. The quantitative estimate of drug-likeness (QED) is 0.501. The highest BCUT2D eigenvalue weighted by Gasteiger charge is 2.34. The number of benzene rings is 2. The maximum Gasteiger partial charge on any atom is 0.299 e. The molecule has 3 nitrogen and oxygen atoms in total. The molecule has 0 saturated carbocycles. The van der Waals surface area contributed by atoms with Gasteiger partial charge in [0.2, 0.25) is 0 Å². The first kappa shape index (κ1) is 19.3. The molecule has 1 N–H and O–H groups in total. The van der Waals surface area contributed by atoms with Gasteiger partial charge in [0.15, 0.2) is 0 Å². The second-order valence-electron chi connectivity index (χ2n) is 6.83. The molecule has 2 atom stereocenters. The molecule has 25 heavy (non-hydrogen) atoms. The number of rotatable bonds is 6. The van der Waals surface area contributed by atoms with E-state index in [-0.39, 0.29) is 5.41 Å².